The summed E-state index contributed by atoms with van der Waals surface area (Å²) in [7, 11) is 1.70. The van der Waals surface area contributed by atoms with Crippen molar-refractivity contribution in [3.63, 3.8) is 0 Å². The second-order valence-electron chi connectivity index (χ2n) is 7.06. The third-order valence-electron chi connectivity index (χ3n) is 5.33. The van der Waals surface area contributed by atoms with E-state index in [0.717, 1.165) is 37.4 Å². The number of hydrogen-bond donors (Lipinski definition) is 1. The van der Waals surface area contributed by atoms with E-state index in [9.17, 15) is 4.79 Å². The number of methoxy groups -OCH3 is 1. The molecule has 1 unspecified atom stereocenters. The minimum absolute atomic E-state index is 0.00940. The van der Waals surface area contributed by atoms with Crippen LogP contribution in [0.1, 0.15) is 57.1 Å². The molecule has 0 aromatic heterocycles. The molecule has 3 rings (SSSR count). The fourth-order valence-corrected chi connectivity index (χ4v) is 3.76. The predicted octanol–water partition coefficient (Wildman–Crippen LogP) is 3.86. The molecule has 0 saturated heterocycles. The van der Waals surface area contributed by atoms with Gasteiger partial charge in [-0.1, -0.05) is 12.1 Å². The molecule has 0 bridgehead atoms. The molecule has 0 amide bonds. The van der Waals surface area contributed by atoms with Gasteiger partial charge in [0.25, 0.3) is 0 Å². The molecule has 4 nitrogen and oxygen atoms in total. The topological polar surface area (TPSA) is 47.6 Å². The molecule has 24 heavy (non-hydrogen) atoms. The molecule has 4 heteroatoms. The van der Waals surface area contributed by atoms with Crippen LogP contribution in [0.15, 0.2) is 24.3 Å². The molecular formula is C20H29NO3. The van der Waals surface area contributed by atoms with E-state index < -0.39 is 0 Å². The molecule has 2 aliphatic carbocycles. The van der Waals surface area contributed by atoms with Gasteiger partial charge in [0.1, 0.15) is 5.75 Å². The smallest absolute Gasteiger partial charge is 0.308 e. The average molecular weight is 331 g/mol. The number of benzene rings is 1. The van der Waals surface area contributed by atoms with Crippen molar-refractivity contribution in [1.82, 2.24) is 5.32 Å². The highest BCUT2D eigenvalue weighted by Crippen LogP contribution is 2.42. The Balaban J connectivity index is 1.56. The molecule has 0 aliphatic heterocycles. The van der Waals surface area contributed by atoms with Crippen molar-refractivity contribution in [3.8, 4) is 5.75 Å². The summed E-state index contributed by atoms with van der Waals surface area (Å²) in [5.74, 6) is 1.75. The fourth-order valence-electron chi connectivity index (χ4n) is 3.76. The monoisotopic (exact) mass is 331 g/mol. The van der Waals surface area contributed by atoms with Crippen LogP contribution in [0.3, 0.4) is 0 Å². The van der Waals surface area contributed by atoms with E-state index in [4.69, 9.17) is 9.47 Å². The van der Waals surface area contributed by atoms with Crippen molar-refractivity contribution in [2.75, 3.05) is 13.7 Å². The Morgan fingerprint density at radius 3 is 2.33 bits per heavy atom. The Labute approximate surface area is 144 Å². The Morgan fingerprint density at radius 1 is 1.12 bits per heavy atom. The summed E-state index contributed by atoms with van der Waals surface area (Å²) in [6, 6.07) is 9.38. The molecular weight excluding hydrogens is 302 g/mol. The highest BCUT2D eigenvalue weighted by molar-refractivity contribution is 5.72. The van der Waals surface area contributed by atoms with Crippen molar-refractivity contribution in [2.24, 2.45) is 11.8 Å². The third-order valence-corrected chi connectivity index (χ3v) is 5.33. The Hall–Kier alpha value is -1.55. The summed E-state index contributed by atoms with van der Waals surface area (Å²) < 4.78 is 10.4. The van der Waals surface area contributed by atoms with E-state index >= 15 is 0 Å². The van der Waals surface area contributed by atoms with Crippen LogP contribution in [-0.2, 0) is 9.53 Å². The first-order chi connectivity index (χ1) is 11.7. The van der Waals surface area contributed by atoms with Crippen LogP contribution in [0, 0.1) is 11.8 Å². The summed E-state index contributed by atoms with van der Waals surface area (Å²) in [5, 5.41) is 3.87. The normalized spacial score (nSPS) is 25.1. The summed E-state index contributed by atoms with van der Waals surface area (Å²) in [4.78, 5) is 11.9. The maximum Gasteiger partial charge on any atom is 0.308 e. The van der Waals surface area contributed by atoms with Gasteiger partial charge >= 0.3 is 5.97 Å². The number of hydrogen-bond acceptors (Lipinski definition) is 4. The van der Waals surface area contributed by atoms with Crippen LogP contribution in [0.4, 0.5) is 0 Å². The molecule has 2 saturated carbocycles. The molecule has 0 spiro atoms. The van der Waals surface area contributed by atoms with E-state index in [-0.39, 0.29) is 11.9 Å². The van der Waals surface area contributed by atoms with Crippen LogP contribution < -0.4 is 10.1 Å². The third kappa shape index (κ3) is 4.29. The number of carbonyl (C=O) groups excluding carboxylic acids is 1. The van der Waals surface area contributed by atoms with E-state index in [1.165, 1.54) is 18.4 Å². The zero-order chi connectivity index (χ0) is 16.9. The minimum Gasteiger partial charge on any atom is -0.497 e. The van der Waals surface area contributed by atoms with Crippen LogP contribution >= 0.6 is 0 Å². The van der Waals surface area contributed by atoms with Gasteiger partial charge in [0.05, 0.1) is 19.6 Å². The number of esters is 1. The predicted molar refractivity (Wildman–Crippen MR) is 94.0 cm³/mol. The van der Waals surface area contributed by atoms with E-state index in [1.54, 1.807) is 7.11 Å². The second kappa shape index (κ2) is 8.02. The lowest BCUT2D eigenvalue weighted by Crippen LogP contribution is -2.38. The molecule has 1 atom stereocenters. The minimum atomic E-state index is -0.00940. The van der Waals surface area contributed by atoms with E-state index in [0.29, 0.717) is 18.7 Å². The van der Waals surface area contributed by atoms with Gasteiger partial charge in [-0.15, -0.1) is 0 Å². The average Bonchev–Trinajstić information content (AvgIpc) is 3.45. The number of ether oxygens (including phenoxy) is 2. The first kappa shape index (κ1) is 17.3. The standard InChI is InChI=1S/C20H29NO3/c1-3-24-20(22)16-6-10-17(11-7-16)21-19(14-4-5-14)15-8-12-18(23-2)13-9-15/h8-9,12-14,16-17,19,21H,3-7,10-11H2,1-2H3. The molecule has 0 heterocycles. The van der Waals surface area contributed by atoms with Gasteiger partial charge in [-0.05, 0) is 69.1 Å². The highest BCUT2D eigenvalue weighted by atomic mass is 16.5. The van der Waals surface area contributed by atoms with Crippen molar-refractivity contribution in [1.29, 1.82) is 0 Å². The number of carbonyl (C=O) groups is 1. The summed E-state index contributed by atoms with van der Waals surface area (Å²) >= 11 is 0. The molecule has 132 valence electrons. The fraction of sp³-hybridized carbons (Fsp3) is 0.650. The van der Waals surface area contributed by atoms with Gasteiger partial charge in [0.15, 0.2) is 0 Å². The van der Waals surface area contributed by atoms with Gasteiger partial charge in [-0.25, -0.2) is 0 Å². The summed E-state index contributed by atoms with van der Waals surface area (Å²) in [6.45, 7) is 2.36. The maximum atomic E-state index is 11.9. The van der Waals surface area contributed by atoms with Gasteiger partial charge < -0.3 is 14.8 Å². The second-order valence-corrected chi connectivity index (χ2v) is 7.06. The Morgan fingerprint density at radius 2 is 1.79 bits per heavy atom. The summed E-state index contributed by atoms with van der Waals surface area (Å²) in [6.07, 6.45) is 6.61. The lowest BCUT2D eigenvalue weighted by Gasteiger charge is -2.31. The van der Waals surface area contributed by atoms with Crippen LogP contribution in [0.5, 0.6) is 5.75 Å². The first-order valence-corrected chi connectivity index (χ1v) is 9.28. The van der Waals surface area contributed by atoms with Crippen molar-refractivity contribution >= 4 is 5.97 Å². The van der Waals surface area contributed by atoms with Gasteiger partial charge in [0, 0.05) is 12.1 Å². The molecule has 1 N–H and O–H groups in total. The molecule has 2 aliphatic rings. The molecule has 0 radical (unpaired) electrons. The van der Waals surface area contributed by atoms with Crippen molar-refractivity contribution in [3.05, 3.63) is 29.8 Å². The van der Waals surface area contributed by atoms with Crippen molar-refractivity contribution < 1.29 is 14.3 Å². The van der Waals surface area contributed by atoms with Gasteiger partial charge in [-0.2, -0.15) is 0 Å². The largest absolute Gasteiger partial charge is 0.497 e. The Bertz CT molecular complexity index is 530. The van der Waals surface area contributed by atoms with Gasteiger partial charge in [-0.3, -0.25) is 4.79 Å². The zero-order valence-electron chi connectivity index (χ0n) is 14.8. The first-order valence-electron chi connectivity index (χ1n) is 9.28. The highest BCUT2D eigenvalue weighted by Gasteiger charge is 2.35. The molecule has 1 aromatic rings. The van der Waals surface area contributed by atoms with E-state index in [1.807, 2.05) is 19.1 Å². The van der Waals surface area contributed by atoms with E-state index in [2.05, 4.69) is 17.4 Å². The SMILES string of the molecule is CCOC(=O)C1CCC(NC(c2ccc(OC)cc2)C2CC2)CC1. The maximum absolute atomic E-state index is 11.9. The Kier molecular flexibility index (Phi) is 5.77. The lowest BCUT2D eigenvalue weighted by molar-refractivity contribution is -0.149. The van der Waals surface area contributed by atoms with Crippen LogP contribution in [-0.4, -0.2) is 25.7 Å². The summed E-state index contributed by atoms with van der Waals surface area (Å²) in [5.41, 5.74) is 1.35. The zero-order valence-corrected chi connectivity index (χ0v) is 14.8. The molecule has 1 aromatic carbocycles. The van der Waals surface area contributed by atoms with Crippen LogP contribution in [0.25, 0.3) is 0 Å². The van der Waals surface area contributed by atoms with Crippen LogP contribution in [0.2, 0.25) is 0 Å². The molecule has 2 fully saturated rings. The quantitative estimate of drug-likeness (QED) is 0.771. The van der Waals surface area contributed by atoms with Crippen molar-refractivity contribution in [2.45, 2.75) is 57.5 Å². The lowest BCUT2D eigenvalue weighted by atomic mass is 9.85. The number of nitrogens with one attached hydrogen (secondary N) is 1. The van der Waals surface area contributed by atoms with Gasteiger partial charge in [0.2, 0.25) is 0 Å². The number of rotatable bonds is 7.